The molecule has 82 valence electrons. The summed E-state index contributed by atoms with van der Waals surface area (Å²) in [7, 11) is 0. The maximum atomic E-state index is 4.55. The summed E-state index contributed by atoms with van der Waals surface area (Å²) < 4.78 is 1.03. The topological polar surface area (TPSA) is 12.9 Å². The third-order valence-corrected chi connectivity index (χ3v) is 3.32. The first kappa shape index (κ1) is 10.7. The predicted octanol–water partition coefficient (Wildman–Crippen LogP) is 4.51. The van der Waals surface area contributed by atoms with Crippen molar-refractivity contribution in [3.8, 4) is 11.1 Å². The molecule has 0 N–H and O–H groups in total. The van der Waals surface area contributed by atoms with E-state index in [1.807, 2.05) is 12.1 Å². The van der Waals surface area contributed by atoms with Gasteiger partial charge in [-0.1, -0.05) is 48.5 Å². The Morgan fingerprint density at radius 3 is 2.35 bits per heavy atom. The van der Waals surface area contributed by atoms with Crippen LogP contribution in [0.25, 0.3) is 22.0 Å². The highest BCUT2D eigenvalue weighted by Crippen LogP contribution is 2.28. The molecular formula is C15H10IN. The van der Waals surface area contributed by atoms with Crippen LogP contribution in [0.15, 0.2) is 60.7 Å². The highest BCUT2D eigenvalue weighted by molar-refractivity contribution is 14.1. The molecule has 2 aromatic carbocycles. The number of halogens is 1. The van der Waals surface area contributed by atoms with Crippen molar-refractivity contribution >= 4 is 33.5 Å². The Bertz CT molecular complexity index is 662. The molecule has 1 heterocycles. The number of aromatic nitrogens is 1. The average Bonchev–Trinajstić information content (AvgIpc) is 2.39. The average molecular weight is 331 g/mol. The second kappa shape index (κ2) is 4.45. The van der Waals surface area contributed by atoms with E-state index < -0.39 is 0 Å². The maximum absolute atomic E-state index is 4.55. The van der Waals surface area contributed by atoms with E-state index in [1.54, 1.807) is 0 Å². The van der Waals surface area contributed by atoms with E-state index in [2.05, 4.69) is 76.1 Å². The number of para-hydroxylation sites is 1. The van der Waals surface area contributed by atoms with Crippen LogP contribution < -0.4 is 0 Å². The zero-order valence-electron chi connectivity index (χ0n) is 9.10. The van der Waals surface area contributed by atoms with Gasteiger partial charge in [-0.05, 0) is 45.9 Å². The van der Waals surface area contributed by atoms with Gasteiger partial charge in [-0.25, -0.2) is 4.98 Å². The Kier molecular flexibility index (Phi) is 2.81. The van der Waals surface area contributed by atoms with Crippen LogP contribution in [-0.2, 0) is 0 Å². The van der Waals surface area contributed by atoms with Crippen LogP contribution in [0.3, 0.4) is 0 Å². The standard InChI is InChI=1S/C15H10IN/c16-15-10-13(11-6-2-1-3-7-11)12-8-4-5-9-14(12)17-15/h1-10H. The lowest BCUT2D eigenvalue weighted by Crippen LogP contribution is -1.87. The molecule has 0 aliphatic carbocycles. The number of pyridine rings is 1. The van der Waals surface area contributed by atoms with Gasteiger partial charge in [0, 0.05) is 5.39 Å². The van der Waals surface area contributed by atoms with Crippen LogP contribution in [0.5, 0.6) is 0 Å². The van der Waals surface area contributed by atoms with Gasteiger partial charge >= 0.3 is 0 Å². The van der Waals surface area contributed by atoms with E-state index in [9.17, 15) is 0 Å². The van der Waals surface area contributed by atoms with Crippen LogP contribution in [0, 0.1) is 3.70 Å². The summed E-state index contributed by atoms with van der Waals surface area (Å²) in [5, 5.41) is 1.21. The molecule has 0 atom stereocenters. The minimum absolute atomic E-state index is 1.03. The second-order valence-electron chi connectivity index (χ2n) is 3.88. The summed E-state index contributed by atoms with van der Waals surface area (Å²) >= 11 is 2.27. The summed E-state index contributed by atoms with van der Waals surface area (Å²) in [6, 6.07) is 20.9. The van der Waals surface area contributed by atoms with Gasteiger partial charge in [0.2, 0.25) is 0 Å². The molecule has 1 aromatic heterocycles. The molecule has 0 spiro atoms. The largest absolute Gasteiger partial charge is 0.242 e. The molecule has 0 bridgehead atoms. The summed E-state index contributed by atoms with van der Waals surface area (Å²) in [4.78, 5) is 4.55. The number of hydrogen-bond acceptors (Lipinski definition) is 1. The Hall–Kier alpha value is -1.42. The van der Waals surface area contributed by atoms with Crippen LogP contribution in [0.4, 0.5) is 0 Å². The molecule has 0 saturated carbocycles. The van der Waals surface area contributed by atoms with Crippen LogP contribution in [0.1, 0.15) is 0 Å². The first-order valence-corrected chi connectivity index (χ1v) is 6.53. The quantitative estimate of drug-likeness (QED) is 0.472. The zero-order chi connectivity index (χ0) is 11.7. The normalized spacial score (nSPS) is 10.6. The van der Waals surface area contributed by atoms with Gasteiger partial charge in [0.15, 0.2) is 0 Å². The van der Waals surface area contributed by atoms with E-state index in [1.165, 1.54) is 16.5 Å². The lowest BCUT2D eigenvalue weighted by Gasteiger charge is -2.07. The summed E-state index contributed by atoms with van der Waals surface area (Å²) in [5.74, 6) is 0. The molecule has 1 nitrogen and oxygen atoms in total. The van der Waals surface area contributed by atoms with Crippen LogP contribution >= 0.6 is 22.6 Å². The van der Waals surface area contributed by atoms with Crippen molar-refractivity contribution in [2.24, 2.45) is 0 Å². The van der Waals surface area contributed by atoms with E-state index >= 15 is 0 Å². The Morgan fingerprint density at radius 2 is 1.53 bits per heavy atom. The van der Waals surface area contributed by atoms with E-state index in [-0.39, 0.29) is 0 Å². The molecule has 0 radical (unpaired) electrons. The van der Waals surface area contributed by atoms with Gasteiger partial charge in [0.1, 0.15) is 3.70 Å². The summed E-state index contributed by atoms with van der Waals surface area (Å²) in [6.45, 7) is 0. The van der Waals surface area contributed by atoms with Crippen molar-refractivity contribution in [3.05, 3.63) is 64.4 Å². The number of hydrogen-bond donors (Lipinski definition) is 0. The second-order valence-corrected chi connectivity index (χ2v) is 4.98. The van der Waals surface area contributed by atoms with Crippen LogP contribution in [-0.4, -0.2) is 4.98 Å². The SMILES string of the molecule is Ic1cc(-c2ccccc2)c2ccccc2n1. The van der Waals surface area contributed by atoms with Crippen molar-refractivity contribution in [3.63, 3.8) is 0 Å². The monoisotopic (exact) mass is 331 g/mol. The zero-order valence-corrected chi connectivity index (χ0v) is 11.3. The number of rotatable bonds is 1. The van der Waals surface area contributed by atoms with E-state index in [0.29, 0.717) is 0 Å². The molecule has 0 aliphatic heterocycles. The minimum atomic E-state index is 1.03. The van der Waals surface area contributed by atoms with E-state index in [4.69, 9.17) is 0 Å². The molecule has 0 saturated heterocycles. The highest BCUT2D eigenvalue weighted by atomic mass is 127. The third kappa shape index (κ3) is 2.05. The van der Waals surface area contributed by atoms with Gasteiger partial charge in [-0.3, -0.25) is 0 Å². The van der Waals surface area contributed by atoms with Crippen molar-refractivity contribution in [1.82, 2.24) is 4.98 Å². The van der Waals surface area contributed by atoms with Crippen molar-refractivity contribution in [2.45, 2.75) is 0 Å². The molecule has 17 heavy (non-hydrogen) atoms. The molecule has 0 amide bonds. The molecule has 3 aromatic rings. The third-order valence-electron chi connectivity index (χ3n) is 2.77. The predicted molar refractivity (Wildman–Crippen MR) is 79.9 cm³/mol. The van der Waals surface area contributed by atoms with Gasteiger partial charge < -0.3 is 0 Å². The molecule has 0 aliphatic rings. The Balaban J connectivity index is 2.36. The molecule has 0 unspecified atom stereocenters. The van der Waals surface area contributed by atoms with Crippen molar-refractivity contribution < 1.29 is 0 Å². The van der Waals surface area contributed by atoms with Crippen molar-refractivity contribution in [1.29, 1.82) is 0 Å². The Labute approximate surface area is 114 Å². The fraction of sp³-hybridized carbons (Fsp3) is 0. The van der Waals surface area contributed by atoms with Gasteiger partial charge in [0.05, 0.1) is 5.52 Å². The number of benzene rings is 2. The first-order valence-electron chi connectivity index (χ1n) is 5.45. The summed E-state index contributed by atoms with van der Waals surface area (Å²) in [6.07, 6.45) is 0. The lowest BCUT2D eigenvalue weighted by atomic mass is 10.0. The highest BCUT2D eigenvalue weighted by Gasteiger charge is 2.05. The fourth-order valence-corrected chi connectivity index (χ4v) is 2.57. The number of nitrogens with zero attached hydrogens (tertiary/aromatic N) is 1. The van der Waals surface area contributed by atoms with Gasteiger partial charge in [-0.2, -0.15) is 0 Å². The van der Waals surface area contributed by atoms with Crippen molar-refractivity contribution in [2.75, 3.05) is 0 Å². The minimum Gasteiger partial charge on any atom is -0.242 e. The first-order chi connectivity index (χ1) is 8.34. The summed E-state index contributed by atoms with van der Waals surface area (Å²) in [5.41, 5.74) is 3.54. The Morgan fingerprint density at radius 1 is 0.824 bits per heavy atom. The molecule has 3 rings (SSSR count). The van der Waals surface area contributed by atoms with Gasteiger partial charge in [0.25, 0.3) is 0 Å². The van der Waals surface area contributed by atoms with Gasteiger partial charge in [-0.15, -0.1) is 0 Å². The number of fused-ring (bicyclic) bond motifs is 1. The molecular weight excluding hydrogens is 321 g/mol. The van der Waals surface area contributed by atoms with E-state index in [0.717, 1.165) is 9.22 Å². The molecule has 0 fully saturated rings. The maximum Gasteiger partial charge on any atom is 0.102 e. The van der Waals surface area contributed by atoms with Crippen LogP contribution in [0.2, 0.25) is 0 Å². The fourth-order valence-electron chi connectivity index (χ4n) is 2.00. The molecule has 2 heteroatoms. The lowest BCUT2D eigenvalue weighted by molar-refractivity contribution is 1.35. The smallest absolute Gasteiger partial charge is 0.102 e.